The van der Waals surface area contributed by atoms with Gasteiger partial charge in [-0.2, -0.15) is 0 Å². The van der Waals surface area contributed by atoms with Gasteiger partial charge >= 0.3 is 0 Å². The SMILES string of the molecule is COc1ccc(OCCNC(=O)CC(=O)N2CCc3ccccc32)cc1. The molecule has 3 rings (SSSR count). The van der Waals surface area contributed by atoms with Crippen LogP contribution in [0.15, 0.2) is 48.5 Å². The van der Waals surface area contributed by atoms with Crippen LogP contribution in [0.1, 0.15) is 12.0 Å². The van der Waals surface area contributed by atoms with E-state index in [0.717, 1.165) is 23.4 Å². The maximum atomic E-state index is 12.4. The zero-order chi connectivity index (χ0) is 18.4. The Labute approximate surface area is 152 Å². The number of carbonyl (C=O) groups is 2. The van der Waals surface area contributed by atoms with Crippen molar-refractivity contribution < 1.29 is 19.1 Å². The molecule has 0 fully saturated rings. The van der Waals surface area contributed by atoms with Crippen LogP contribution >= 0.6 is 0 Å². The minimum absolute atomic E-state index is 0.156. The number of carbonyl (C=O) groups excluding carboxylic acids is 2. The van der Waals surface area contributed by atoms with Crippen LogP contribution in [0, 0.1) is 0 Å². The maximum absolute atomic E-state index is 12.4. The first kappa shape index (κ1) is 17.8. The van der Waals surface area contributed by atoms with Crippen molar-refractivity contribution >= 4 is 17.5 Å². The van der Waals surface area contributed by atoms with E-state index in [0.29, 0.717) is 25.4 Å². The predicted molar refractivity (Wildman–Crippen MR) is 98.6 cm³/mol. The molecule has 6 nitrogen and oxygen atoms in total. The van der Waals surface area contributed by atoms with E-state index in [9.17, 15) is 9.59 Å². The third-order valence-electron chi connectivity index (χ3n) is 4.25. The van der Waals surface area contributed by atoms with Gasteiger partial charge in [0.25, 0.3) is 0 Å². The molecule has 0 atom stereocenters. The number of fused-ring (bicyclic) bond motifs is 1. The lowest BCUT2D eigenvalue weighted by Gasteiger charge is -2.17. The number of nitrogens with one attached hydrogen (secondary N) is 1. The quantitative estimate of drug-likeness (QED) is 0.611. The molecule has 1 heterocycles. The van der Waals surface area contributed by atoms with E-state index >= 15 is 0 Å². The molecule has 2 aromatic rings. The number of para-hydroxylation sites is 1. The maximum Gasteiger partial charge on any atom is 0.236 e. The highest BCUT2D eigenvalue weighted by Gasteiger charge is 2.25. The Morgan fingerprint density at radius 2 is 1.81 bits per heavy atom. The Hall–Kier alpha value is -3.02. The van der Waals surface area contributed by atoms with E-state index in [1.165, 1.54) is 0 Å². The lowest BCUT2D eigenvalue weighted by Crippen LogP contribution is -2.36. The van der Waals surface area contributed by atoms with E-state index in [2.05, 4.69) is 5.32 Å². The van der Waals surface area contributed by atoms with Crippen molar-refractivity contribution in [2.75, 3.05) is 31.7 Å². The van der Waals surface area contributed by atoms with Crippen LogP contribution in [-0.4, -0.2) is 38.6 Å². The van der Waals surface area contributed by atoms with Crippen molar-refractivity contribution in [1.82, 2.24) is 5.32 Å². The van der Waals surface area contributed by atoms with Crippen molar-refractivity contribution in [2.45, 2.75) is 12.8 Å². The second kappa shape index (κ2) is 8.38. The molecular formula is C20H22N2O4. The summed E-state index contributed by atoms with van der Waals surface area (Å²) in [6.07, 6.45) is 0.677. The summed E-state index contributed by atoms with van der Waals surface area (Å²) >= 11 is 0. The summed E-state index contributed by atoms with van der Waals surface area (Å²) in [5.41, 5.74) is 2.06. The molecular weight excluding hydrogens is 332 g/mol. The summed E-state index contributed by atoms with van der Waals surface area (Å²) in [5.74, 6) is 0.985. The number of rotatable bonds is 7. The van der Waals surface area contributed by atoms with Crippen molar-refractivity contribution in [3.8, 4) is 11.5 Å². The monoisotopic (exact) mass is 354 g/mol. The van der Waals surface area contributed by atoms with Crippen LogP contribution in [0.25, 0.3) is 0 Å². The van der Waals surface area contributed by atoms with E-state index in [4.69, 9.17) is 9.47 Å². The van der Waals surface area contributed by atoms with Crippen LogP contribution in [0.5, 0.6) is 11.5 Å². The van der Waals surface area contributed by atoms with Gasteiger partial charge in [0.05, 0.1) is 13.7 Å². The van der Waals surface area contributed by atoms with Gasteiger partial charge in [-0.1, -0.05) is 18.2 Å². The summed E-state index contributed by atoms with van der Waals surface area (Å²) in [7, 11) is 1.60. The highest BCUT2D eigenvalue weighted by molar-refractivity contribution is 6.05. The first-order valence-corrected chi connectivity index (χ1v) is 8.59. The number of hydrogen-bond acceptors (Lipinski definition) is 4. The highest BCUT2D eigenvalue weighted by Crippen LogP contribution is 2.27. The van der Waals surface area contributed by atoms with Crippen LogP contribution in [0.2, 0.25) is 0 Å². The van der Waals surface area contributed by atoms with Crippen molar-refractivity contribution in [3.63, 3.8) is 0 Å². The lowest BCUT2D eigenvalue weighted by atomic mass is 10.2. The van der Waals surface area contributed by atoms with Crippen molar-refractivity contribution in [2.24, 2.45) is 0 Å². The molecule has 1 N–H and O–H groups in total. The molecule has 6 heteroatoms. The first-order chi connectivity index (χ1) is 12.7. The summed E-state index contributed by atoms with van der Waals surface area (Å²) in [6.45, 7) is 1.31. The number of nitrogens with zero attached hydrogens (tertiary/aromatic N) is 1. The van der Waals surface area contributed by atoms with E-state index in [-0.39, 0.29) is 18.2 Å². The molecule has 0 bridgehead atoms. The number of methoxy groups -OCH3 is 1. The number of hydrogen-bond donors (Lipinski definition) is 1. The third-order valence-corrected chi connectivity index (χ3v) is 4.25. The zero-order valence-electron chi connectivity index (χ0n) is 14.7. The Morgan fingerprint density at radius 1 is 1.08 bits per heavy atom. The Bertz CT molecular complexity index is 774. The zero-order valence-corrected chi connectivity index (χ0v) is 14.7. The Kier molecular flexibility index (Phi) is 5.73. The molecule has 0 aliphatic carbocycles. The summed E-state index contributed by atoms with van der Waals surface area (Å²) < 4.78 is 10.6. The largest absolute Gasteiger partial charge is 0.497 e. The Morgan fingerprint density at radius 3 is 2.58 bits per heavy atom. The number of benzene rings is 2. The molecule has 136 valence electrons. The molecule has 0 spiro atoms. The molecule has 0 unspecified atom stereocenters. The topological polar surface area (TPSA) is 67.9 Å². The summed E-state index contributed by atoms with van der Waals surface area (Å²) in [4.78, 5) is 26.0. The Balaban J connectivity index is 1.39. The van der Waals surface area contributed by atoms with Crippen LogP contribution in [-0.2, 0) is 16.0 Å². The second-order valence-electron chi connectivity index (χ2n) is 5.97. The highest BCUT2D eigenvalue weighted by atomic mass is 16.5. The van der Waals surface area contributed by atoms with Gasteiger partial charge in [0.2, 0.25) is 11.8 Å². The van der Waals surface area contributed by atoms with Gasteiger partial charge in [0.1, 0.15) is 24.5 Å². The van der Waals surface area contributed by atoms with Gasteiger partial charge in [0.15, 0.2) is 0 Å². The van der Waals surface area contributed by atoms with Gasteiger partial charge in [-0.25, -0.2) is 0 Å². The number of ether oxygens (including phenoxy) is 2. The minimum Gasteiger partial charge on any atom is -0.497 e. The van der Waals surface area contributed by atoms with Gasteiger partial charge in [0, 0.05) is 12.2 Å². The fraction of sp³-hybridized carbons (Fsp3) is 0.300. The molecule has 0 aromatic heterocycles. The van der Waals surface area contributed by atoms with E-state index in [1.807, 2.05) is 24.3 Å². The molecule has 0 radical (unpaired) electrons. The minimum atomic E-state index is -0.294. The smallest absolute Gasteiger partial charge is 0.236 e. The summed E-state index contributed by atoms with van der Waals surface area (Å²) in [6, 6.07) is 15.0. The average molecular weight is 354 g/mol. The van der Waals surface area contributed by atoms with Crippen molar-refractivity contribution in [3.05, 3.63) is 54.1 Å². The summed E-state index contributed by atoms with van der Waals surface area (Å²) in [5, 5.41) is 2.72. The van der Waals surface area contributed by atoms with Crippen LogP contribution in [0.3, 0.4) is 0 Å². The molecule has 2 aromatic carbocycles. The van der Waals surface area contributed by atoms with Gasteiger partial charge in [-0.3, -0.25) is 9.59 Å². The van der Waals surface area contributed by atoms with Crippen LogP contribution < -0.4 is 19.7 Å². The van der Waals surface area contributed by atoms with Crippen LogP contribution in [0.4, 0.5) is 5.69 Å². The third kappa shape index (κ3) is 4.33. The molecule has 1 aliphatic heterocycles. The fourth-order valence-electron chi connectivity index (χ4n) is 2.92. The van der Waals surface area contributed by atoms with Gasteiger partial charge < -0.3 is 19.7 Å². The normalized spacial score (nSPS) is 12.4. The lowest BCUT2D eigenvalue weighted by molar-refractivity contribution is -0.127. The first-order valence-electron chi connectivity index (χ1n) is 8.59. The number of anilines is 1. The molecule has 0 saturated heterocycles. The second-order valence-corrected chi connectivity index (χ2v) is 5.97. The molecule has 1 aliphatic rings. The fourth-order valence-corrected chi connectivity index (χ4v) is 2.92. The van der Waals surface area contributed by atoms with Crippen molar-refractivity contribution in [1.29, 1.82) is 0 Å². The van der Waals surface area contributed by atoms with Gasteiger partial charge in [-0.05, 0) is 42.3 Å². The molecule has 2 amide bonds. The average Bonchev–Trinajstić information content (AvgIpc) is 3.10. The number of amides is 2. The predicted octanol–water partition coefficient (Wildman–Crippen LogP) is 2.17. The molecule has 0 saturated carbocycles. The van der Waals surface area contributed by atoms with Gasteiger partial charge in [-0.15, -0.1) is 0 Å². The standard InChI is InChI=1S/C20H22N2O4/c1-25-16-6-8-17(9-7-16)26-13-11-21-19(23)14-20(24)22-12-10-15-4-2-3-5-18(15)22/h2-9H,10-14H2,1H3,(H,21,23). The van der Waals surface area contributed by atoms with E-state index < -0.39 is 0 Å². The molecule has 26 heavy (non-hydrogen) atoms. The van der Waals surface area contributed by atoms with E-state index in [1.54, 1.807) is 36.3 Å².